The highest BCUT2D eigenvalue weighted by atomic mass is 16.6. The number of nitrogens with zero attached hydrogens (tertiary/aromatic N) is 3. The molecule has 0 unspecified atom stereocenters. The lowest BCUT2D eigenvalue weighted by atomic mass is 10.1. The molecule has 0 atom stereocenters. The van der Waals surface area contributed by atoms with Gasteiger partial charge in [-0.3, -0.25) is 4.98 Å². The van der Waals surface area contributed by atoms with Crippen LogP contribution in [0.4, 0.5) is 4.79 Å². The van der Waals surface area contributed by atoms with Crippen LogP contribution in [0.2, 0.25) is 0 Å². The van der Waals surface area contributed by atoms with E-state index in [2.05, 4.69) is 10.1 Å². The van der Waals surface area contributed by atoms with Crippen molar-refractivity contribution in [1.82, 2.24) is 14.8 Å². The molecule has 0 aliphatic rings. The van der Waals surface area contributed by atoms with E-state index in [4.69, 9.17) is 9.47 Å². The Morgan fingerprint density at radius 1 is 1.28 bits per heavy atom. The molecule has 0 aliphatic heterocycles. The molecule has 25 heavy (non-hydrogen) atoms. The van der Waals surface area contributed by atoms with Crippen LogP contribution >= 0.6 is 0 Å². The van der Waals surface area contributed by atoms with Crippen LogP contribution in [0.1, 0.15) is 33.3 Å². The van der Waals surface area contributed by atoms with Crippen LogP contribution in [0.25, 0.3) is 17.2 Å². The first-order valence-electron chi connectivity index (χ1n) is 7.87. The third kappa shape index (κ3) is 5.27. The van der Waals surface area contributed by atoms with Crippen LogP contribution in [0.3, 0.4) is 0 Å². The molecule has 0 fully saturated rings. The molecule has 7 nitrogen and oxygen atoms in total. The fourth-order valence-electron chi connectivity index (χ4n) is 2.02. The molecule has 0 saturated carbocycles. The molecule has 0 radical (unpaired) electrons. The van der Waals surface area contributed by atoms with Crippen LogP contribution < -0.4 is 0 Å². The molecule has 2 aromatic heterocycles. The second-order valence-corrected chi connectivity index (χ2v) is 6.20. The first-order valence-corrected chi connectivity index (χ1v) is 7.87. The van der Waals surface area contributed by atoms with Crippen LogP contribution in [0, 0.1) is 0 Å². The van der Waals surface area contributed by atoms with Gasteiger partial charge in [0, 0.05) is 35.8 Å². The van der Waals surface area contributed by atoms with E-state index in [1.54, 1.807) is 64.6 Å². The van der Waals surface area contributed by atoms with Gasteiger partial charge in [0.25, 0.3) is 0 Å². The Labute approximate surface area is 146 Å². The van der Waals surface area contributed by atoms with E-state index in [0.29, 0.717) is 17.7 Å². The quantitative estimate of drug-likeness (QED) is 0.625. The van der Waals surface area contributed by atoms with Gasteiger partial charge in [-0.2, -0.15) is 9.78 Å². The van der Waals surface area contributed by atoms with Crippen LogP contribution in [0.5, 0.6) is 0 Å². The lowest BCUT2D eigenvalue weighted by molar-refractivity contribution is -0.137. The molecule has 0 amide bonds. The van der Waals surface area contributed by atoms with Crippen molar-refractivity contribution in [2.24, 2.45) is 0 Å². The Kier molecular flexibility index (Phi) is 5.69. The molecule has 0 spiro atoms. The minimum absolute atomic E-state index is 0.311. The maximum atomic E-state index is 12.1. The van der Waals surface area contributed by atoms with Gasteiger partial charge in [-0.05, 0) is 45.4 Å². The summed E-state index contributed by atoms with van der Waals surface area (Å²) in [5, 5.41) is 4.05. The normalized spacial score (nSPS) is 11.5. The third-order valence-corrected chi connectivity index (χ3v) is 3.01. The molecule has 7 heteroatoms. The Hall–Kier alpha value is -2.96. The molecule has 0 saturated heterocycles. The monoisotopic (exact) mass is 343 g/mol. The summed E-state index contributed by atoms with van der Waals surface area (Å²) in [4.78, 5) is 27.6. The highest BCUT2D eigenvalue weighted by Crippen LogP contribution is 2.24. The zero-order valence-electron chi connectivity index (χ0n) is 14.7. The molecule has 2 rings (SSSR count). The lowest BCUT2D eigenvalue weighted by Gasteiger charge is -2.18. The van der Waals surface area contributed by atoms with Gasteiger partial charge in [0.1, 0.15) is 5.60 Å². The first kappa shape index (κ1) is 18.4. The molecule has 0 bridgehead atoms. The molecule has 0 aliphatic carbocycles. The molecule has 2 aromatic rings. The highest BCUT2D eigenvalue weighted by Gasteiger charge is 2.19. The summed E-state index contributed by atoms with van der Waals surface area (Å²) in [6, 6.07) is 1.78. The number of esters is 1. The molecule has 2 heterocycles. The van der Waals surface area contributed by atoms with Crippen molar-refractivity contribution in [2.75, 3.05) is 6.61 Å². The predicted molar refractivity (Wildman–Crippen MR) is 92.8 cm³/mol. The van der Waals surface area contributed by atoms with Gasteiger partial charge in [-0.25, -0.2) is 9.59 Å². The van der Waals surface area contributed by atoms with Crippen molar-refractivity contribution in [3.8, 4) is 11.1 Å². The summed E-state index contributed by atoms with van der Waals surface area (Å²) in [6.07, 6.45) is 8.77. The Morgan fingerprint density at radius 3 is 2.72 bits per heavy atom. The van der Waals surface area contributed by atoms with Gasteiger partial charge < -0.3 is 9.47 Å². The smallest absolute Gasteiger partial charge is 0.435 e. The second-order valence-electron chi connectivity index (χ2n) is 6.20. The predicted octanol–water partition coefficient (Wildman–Crippen LogP) is 3.30. The SMILES string of the molecule is CCOC(=O)/C=C/c1cnccc1-c1cnn(C(=O)OC(C)(C)C)c1. The minimum atomic E-state index is -0.604. The van der Waals surface area contributed by atoms with Crippen molar-refractivity contribution < 1.29 is 19.1 Å². The summed E-state index contributed by atoms with van der Waals surface area (Å²) in [5.74, 6) is -0.429. The summed E-state index contributed by atoms with van der Waals surface area (Å²) < 4.78 is 11.3. The number of pyridine rings is 1. The van der Waals surface area contributed by atoms with Gasteiger partial charge >= 0.3 is 12.1 Å². The summed E-state index contributed by atoms with van der Waals surface area (Å²) in [7, 11) is 0. The number of carbonyl (C=O) groups excluding carboxylic acids is 2. The van der Waals surface area contributed by atoms with E-state index in [0.717, 1.165) is 10.2 Å². The topological polar surface area (TPSA) is 83.3 Å². The van der Waals surface area contributed by atoms with E-state index < -0.39 is 17.7 Å². The minimum Gasteiger partial charge on any atom is -0.463 e. The van der Waals surface area contributed by atoms with Gasteiger partial charge in [0.05, 0.1) is 12.8 Å². The van der Waals surface area contributed by atoms with Crippen LogP contribution in [-0.4, -0.2) is 39.0 Å². The highest BCUT2D eigenvalue weighted by molar-refractivity contribution is 5.89. The maximum absolute atomic E-state index is 12.1. The molecular weight excluding hydrogens is 322 g/mol. The third-order valence-electron chi connectivity index (χ3n) is 3.01. The maximum Gasteiger partial charge on any atom is 0.435 e. The van der Waals surface area contributed by atoms with Crippen molar-refractivity contribution in [3.63, 3.8) is 0 Å². The fourth-order valence-corrected chi connectivity index (χ4v) is 2.02. The molecule has 0 N–H and O–H groups in total. The summed E-state index contributed by atoms with van der Waals surface area (Å²) in [5.41, 5.74) is 1.59. The summed E-state index contributed by atoms with van der Waals surface area (Å²) in [6.45, 7) is 7.42. The molecule has 0 aromatic carbocycles. The van der Waals surface area contributed by atoms with E-state index in [1.807, 2.05) is 0 Å². The first-order chi connectivity index (χ1) is 11.8. The van der Waals surface area contributed by atoms with Gasteiger partial charge in [-0.1, -0.05) is 0 Å². The Bertz CT molecular complexity index is 788. The summed E-state index contributed by atoms with van der Waals surface area (Å²) >= 11 is 0. The zero-order valence-corrected chi connectivity index (χ0v) is 14.7. The number of rotatable bonds is 4. The fraction of sp³-hybridized carbons (Fsp3) is 0.333. The van der Waals surface area contributed by atoms with E-state index in [-0.39, 0.29) is 0 Å². The number of ether oxygens (including phenoxy) is 2. The van der Waals surface area contributed by atoms with Crippen molar-refractivity contribution >= 4 is 18.1 Å². The second kappa shape index (κ2) is 7.74. The van der Waals surface area contributed by atoms with E-state index >= 15 is 0 Å². The van der Waals surface area contributed by atoms with E-state index in [1.165, 1.54) is 6.08 Å². The Balaban J connectivity index is 2.25. The van der Waals surface area contributed by atoms with Gasteiger partial charge in [-0.15, -0.1) is 0 Å². The van der Waals surface area contributed by atoms with Gasteiger partial charge in [0.2, 0.25) is 0 Å². The van der Waals surface area contributed by atoms with Crippen LogP contribution in [-0.2, 0) is 14.3 Å². The van der Waals surface area contributed by atoms with Crippen LogP contribution in [0.15, 0.2) is 36.9 Å². The number of aromatic nitrogens is 3. The lowest BCUT2D eigenvalue weighted by Crippen LogP contribution is -2.27. The number of hydrogen-bond acceptors (Lipinski definition) is 6. The van der Waals surface area contributed by atoms with Crippen molar-refractivity contribution in [2.45, 2.75) is 33.3 Å². The molecule has 132 valence electrons. The van der Waals surface area contributed by atoms with E-state index in [9.17, 15) is 9.59 Å². The average Bonchev–Trinajstić information content (AvgIpc) is 3.02. The van der Waals surface area contributed by atoms with Gasteiger partial charge in [0.15, 0.2) is 0 Å². The van der Waals surface area contributed by atoms with Crippen molar-refractivity contribution in [1.29, 1.82) is 0 Å². The zero-order chi connectivity index (χ0) is 18.4. The number of hydrogen-bond donors (Lipinski definition) is 0. The molecular formula is C18H21N3O4. The standard InChI is InChI=1S/C18H21N3O4/c1-5-24-16(22)7-6-13-10-19-9-8-15(13)14-11-20-21(12-14)17(23)25-18(2,3)4/h6-12H,5H2,1-4H3/b7-6+. The average molecular weight is 343 g/mol. The van der Waals surface area contributed by atoms with Crippen molar-refractivity contribution in [3.05, 3.63) is 42.5 Å². The largest absolute Gasteiger partial charge is 0.463 e. The Morgan fingerprint density at radius 2 is 2.04 bits per heavy atom. The number of carbonyl (C=O) groups is 2.